The second-order valence-corrected chi connectivity index (χ2v) is 4.50. The van der Waals surface area contributed by atoms with Crippen molar-refractivity contribution < 1.29 is 9.21 Å². The lowest BCUT2D eigenvalue weighted by Crippen LogP contribution is -2.23. The van der Waals surface area contributed by atoms with Gasteiger partial charge in [0, 0.05) is 0 Å². The van der Waals surface area contributed by atoms with Crippen LogP contribution in [-0.2, 0) is 11.3 Å². The van der Waals surface area contributed by atoms with Crippen molar-refractivity contribution in [2.75, 3.05) is 0 Å². The standard InChI is InChI=1S/C14H13N5O2/c1-10-6-7-21-13(10)8-15-17-14(20)9-19-12-5-3-2-4-11(12)16-18-19/h2-8H,9H2,1H3,(H,17,20)/b15-8-. The first kappa shape index (κ1) is 13.0. The smallest absolute Gasteiger partial charge is 0.261 e. The van der Waals surface area contributed by atoms with E-state index in [4.69, 9.17) is 4.42 Å². The van der Waals surface area contributed by atoms with Crippen LogP contribution in [0.3, 0.4) is 0 Å². The third-order valence-corrected chi connectivity index (χ3v) is 2.99. The van der Waals surface area contributed by atoms with Gasteiger partial charge in [-0.15, -0.1) is 5.10 Å². The van der Waals surface area contributed by atoms with Crippen molar-refractivity contribution in [2.45, 2.75) is 13.5 Å². The summed E-state index contributed by atoms with van der Waals surface area (Å²) in [6.07, 6.45) is 3.03. The fraction of sp³-hybridized carbons (Fsp3) is 0.143. The molecule has 2 heterocycles. The Morgan fingerprint density at radius 3 is 3.10 bits per heavy atom. The summed E-state index contributed by atoms with van der Waals surface area (Å²) >= 11 is 0. The lowest BCUT2D eigenvalue weighted by atomic mass is 10.3. The Hall–Kier alpha value is -2.96. The van der Waals surface area contributed by atoms with Gasteiger partial charge in [0.2, 0.25) is 0 Å². The topological polar surface area (TPSA) is 85.3 Å². The predicted molar refractivity (Wildman–Crippen MR) is 76.7 cm³/mol. The van der Waals surface area contributed by atoms with Crippen LogP contribution in [-0.4, -0.2) is 27.1 Å². The summed E-state index contributed by atoms with van der Waals surface area (Å²) in [5.74, 6) is 0.326. The van der Waals surface area contributed by atoms with Crippen LogP contribution in [0.25, 0.3) is 11.0 Å². The Balaban J connectivity index is 1.64. The van der Waals surface area contributed by atoms with Gasteiger partial charge in [-0.3, -0.25) is 4.79 Å². The zero-order chi connectivity index (χ0) is 14.7. The van der Waals surface area contributed by atoms with Crippen LogP contribution in [0.1, 0.15) is 11.3 Å². The van der Waals surface area contributed by atoms with Gasteiger partial charge in [0.1, 0.15) is 17.8 Å². The Morgan fingerprint density at radius 2 is 2.29 bits per heavy atom. The van der Waals surface area contributed by atoms with Gasteiger partial charge < -0.3 is 4.42 Å². The van der Waals surface area contributed by atoms with Crippen molar-refractivity contribution in [1.29, 1.82) is 0 Å². The Morgan fingerprint density at radius 1 is 1.43 bits per heavy atom. The number of fused-ring (bicyclic) bond motifs is 1. The summed E-state index contributed by atoms with van der Waals surface area (Å²) < 4.78 is 6.71. The number of hydrogen-bond acceptors (Lipinski definition) is 5. The highest BCUT2D eigenvalue weighted by atomic mass is 16.3. The molecule has 0 unspecified atom stereocenters. The number of para-hydroxylation sites is 1. The fourth-order valence-corrected chi connectivity index (χ4v) is 1.89. The molecule has 1 aromatic carbocycles. The molecule has 0 aliphatic heterocycles. The van der Waals surface area contributed by atoms with Crippen LogP contribution in [0.4, 0.5) is 0 Å². The van der Waals surface area contributed by atoms with E-state index in [0.29, 0.717) is 5.76 Å². The number of rotatable bonds is 4. The molecule has 0 saturated carbocycles. The molecule has 3 aromatic rings. The molecular formula is C14H13N5O2. The van der Waals surface area contributed by atoms with Crippen LogP contribution in [0, 0.1) is 6.92 Å². The second kappa shape index (κ2) is 5.58. The zero-order valence-electron chi connectivity index (χ0n) is 11.4. The number of furan rings is 1. The second-order valence-electron chi connectivity index (χ2n) is 4.50. The van der Waals surface area contributed by atoms with Gasteiger partial charge in [-0.05, 0) is 30.7 Å². The van der Waals surface area contributed by atoms with E-state index in [-0.39, 0.29) is 12.5 Å². The van der Waals surface area contributed by atoms with E-state index in [9.17, 15) is 4.79 Å². The fourth-order valence-electron chi connectivity index (χ4n) is 1.89. The van der Waals surface area contributed by atoms with Crippen molar-refractivity contribution >= 4 is 23.2 Å². The van der Waals surface area contributed by atoms with Gasteiger partial charge in [-0.1, -0.05) is 17.3 Å². The van der Waals surface area contributed by atoms with Gasteiger partial charge in [0.05, 0.1) is 18.0 Å². The first-order valence-corrected chi connectivity index (χ1v) is 6.38. The van der Waals surface area contributed by atoms with Crippen molar-refractivity contribution in [3.63, 3.8) is 0 Å². The average Bonchev–Trinajstić information content (AvgIpc) is 3.07. The average molecular weight is 283 g/mol. The van der Waals surface area contributed by atoms with Gasteiger partial charge in [-0.25, -0.2) is 10.1 Å². The Labute approximate surface area is 120 Å². The predicted octanol–water partition coefficient (Wildman–Crippen LogP) is 1.48. The molecule has 0 saturated heterocycles. The number of carbonyl (C=O) groups is 1. The largest absolute Gasteiger partial charge is 0.463 e. The molecule has 2 aromatic heterocycles. The van der Waals surface area contributed by atoms with Gasteiger partial charge in [0.25, 0.3) is 5.91 Å². The van der Waals surface area contributed by atoms with E-state index in [0.717, 1.165) is 16.6 Å². The number of nitrogens with one attached hydrogen (secondary N) is 1. The lowest BCUT2D eigenvalue weighted by molar-refractivity contribution is -0.121. The molecule has 7 heteroatoms. The number of carbonyl (C=O) groups excluding carboxylic acids is 1. The normalized spacial score (nSPS) is 11.3. The molecule has 0 spiro atoms. The highest BCUT2D eigenvalue weighted by Crippen LogP contribution is 2.09. The van der Waals surface area contributed by atoms with Crippen molar-refractivity contribution in [2.24, 2.45) is 5.10 Å². The first-order valence-electron chi connectivity index (χ1n) is 6.38. The van der Waals surface area contributed by atoms with Gasteiger partial charge >= 0.3 is 0 Å². The maximum Gasteiger partial charge on any atom is 0.261 e. The third kappa shape index (κ3) is 2.81. The summed E-state index contributed by atoms with van der Waals surface area (Å²) in [6, 6.07) is 9.27. The summed E-state index contributed by atoms with van der Waals surface area (Å²) in [4.78, 5) is 11.8. The molecule has 0 aliphatic rings. The highest BCUT2D eigenvalue weighted by Gasteiger charge is 2.07. The molecule has 1 amide bonds. The van der Waals surface area contributed by atoms with Crippen LogP contribution >= 0.6 is 0 Å². The van der Waals surface area contributed by atoms with Crippen molar-refractivity contribution in [1.82, 2.24) is 20.4 Å². The Bertz CT molecular complexity index is 802. The molecule has 0 radical (unpaired) electrons. The molecule has 3 rings (SSSR count). The van der Waals surface area contributed by atoms with Crippen LogP contribution in [0.2, 0.25) is 0 Å². The lowest BCUT2D eigenvalue weighted by Gasteiger charge is -2.00. The summed E-state index contributed by atoms with van der Waals surface area (Å²) in [7, 11) is 0. The molecule has 106 valence electrons. The van der Waals surface area contributed by atoms with E-state index in [1.165, 1.54) is 10.9 Å². The highest BCUT2D eigenvalue weighted by molar-refractivity contribution is 5.82. The van der Waals surface area contributed by atoms with Crippen molar-refractivity contribution in [3.8, 4) is 0 Å². The molecule has 0 atom stereocenters. The molecular weight excluding hydrogens is 270 g/mol. The minimum Gasteiger partial charge on any atom is -0.463 e. The maximum atomic E-state index is 11.8. The summed E-state index contributed by atoms with van der Waals surface area (Å²) in [5.41, 5.74) is 4.94. The van der Waals surface area contributed by atoms with E-state index >= 15 is 0 Å². The Kier molecular flexibility index (Phi) is 3.46. The number of benzene rings is 1. The summed E-state index contributed by atoms with van der Waals surface area (Å²) in [6.45, 7) is 1.95. The SMILES string of the molecule is Cc1ccoc1/C=N\NC(=O)Cn1nnc2ccccc21. The molecule has 21 heavy (non-hydrogen) atoms. The molecule has 7 nitrogen and oxygen atoms in total. The van der Waals surface area contributed by atoms with E-state index in [1.807, 2.05) is 37.3 Å². The maximum absolute atomic E-state index is 11.8. The van der Waals surface area contributed by atoms with E-state index < -0.39 is 0 Å². The number of hydrogen-bond donors (Lipinski definition) is 1. The van der Waals surface area contributed by atoms with Crippen LogP contribution < -0.4 is 5.43 Å². The number of aryl methyl sites for hydroxylation is 1. The number of nitrogens with zero attached hydrogens (tertiary/aromatic N) is 4. The minimum atomic E-state index is -0.286. The van der Waals surface area contributed by atoms with E-state index in [1.54, 1.807) is 6.26 Å². The van der Waals surface area contributed by atoms with Gasteiger partial charge in [0.15, 0.2) is 0 Å². The number of amides is 1. The van der Waals surface area contributed by atoms with Crippen LogP contribution in [0.5, 0.6) is 0 Å². The van der Waals surface area contributed by atoms with Gasteiger partial charge in [-0.2, -0.15) is 5.10 Å². The van der Waals surface area contributed by atoms with Crippen molar-refractivity contribution in [3.05, 3.63) is 47.9 Å². The molecule has 1 N–H and O–H groups in total. The van der Waals surface area contributed by atoms with Crippen LogP contribution in [0.15, 0.2) is 46.1 Å². The molecule has 0 bridgehead atoms. The molecule has 0 aliphatic carbocycles. The quantitative estimate of drug-likeness (QED) is 0.580. The van der Waals surface area contributed by atoms with E-state index in [2.05, 4.69) is 20.8 Å². The number of hydrazone groups is 1. The molecule has 0 fully saturated rings. The zero-order valence-corrected chi connectivity index (χ0v) is 11.4. The minimum absolute atomic E-state index is 0.0506. The first-order chi connectivity index (χ1) is 10.2. The third-order valence-electron chi connectivity index (χ3n) is 2.99. The monoisotopic (exact) mass is 283 g/mol. The summed E-state index contributed by atoms with van der Waals surface area (Å²) in [5, 5.41) is 11.8. The number of aromatic nitrogens is 3.